The highest BCUT2D eigenvalue weighted by Gasteiger charge is 2.25. The molecule has 0 aliphatic rings. The number of rotatable bonds is 6. The van der Waals surface area contributed by atoms with Crippen LogP contribution in [-0.4, -0.2) is 0 Å². The summed E-state index contributed by atoms with van der Waals surface area (Å²) in [5, 5.41) is 18.9. The number of hydrogen-bond donors (Lipinski definition) is 0. The standard InChI is InChI=1S/C68H42O/c1-5-27-47-43(19-1)23-13-35-51(47)63-55-31-9-11-33-57(55)65(53-37-15-25-45-21-3-7-29-49(45)53)67-59(63)39-17-41-61(67)69-62-42-18-40-60-64(52-36-14-24-44-20-2-6-28-48(44)52)56-32-10-12-34-58(56)66(68(60)62)54-38-16-26-46-22-4-8-30-50(46)54/h1-42H. The van der Waals surface area contributed by atoms with Crippen LogP contribution in [0.15, 0.2) is 255 Å². The molecule has 0 amide bonds. The zero-order valence-electron chi connectivity index (χ0n) is 37.7. The SMILES string of the molecule is c1ccc2c(-c3c4ccccc4c(-c4cccc5ccccc45)c4c(Oc5cccc6c(-c7cccc8ccccc78)c7ccccc7c(-c7cccc8ccccc78)c56)cccc34)cccc2c1. The smallest absolute Gasteiger partial charge is 0.135 e. The lowest BCUT2D eigenvalue weighted by atomic mass is 9.83. The lowest BCUT2D eigenvalue weighted by Gasteiger charge is -2.23. The van der Waals surface area contributed by atoms with E-state index in [0.717, 1.165) is 44.2 Å². The van der Waals surface area contributed by atoms with Gasteiger partial charge in [0.1, 0.15) is 11.5 Å². The molecule has 0 unspecified atom stereocenters. The monoisotopic (exact) mass is 874 g/mol. The fraction of sp³-hybridized carbons (Fsp3) is 0. The third-order valence-electron chi connectivity index (χ3n) is 14.5. The van der Waals surface area contributed by atoms with E-state index in [1.165, 1.54) is 98.0 Å². The summed E-state index contributed by atoms with van der Waals surface area (Å²) in [5.74, 6) is 1.61. The van der Waals surface area contributed by atoms with Crippen molar-refractivity contribution < 1.29 is 4.74 Å². The van der Waals surface area contributed by atoms with Gasteiger partial charge < -0.3 is 4.74 Å². The highest BCUT2D eigenvalue weighted by Crippen LogP contribution is 2.53. The predicted octanol–water partition coefficient (Wildman–Crippen LogP) is 19.4. The van der Waals surface area contributed by atoms with Crippen LogP contribution in [0.3, 0.4) is 0 Å². The van der Waals surface area contributed by atoms with E-state index in [2.05, 4.69) is 255 Å². The molecule has 0 aliphatic carbocycles. The second-order valence-corrected chi connectivity index (χ2v) is 18.2. The van der Waals surface area contributed by atoms with Crippen molar-refractivity contribution in [2.75, 3.05) is 0 Å². The van der Waals surface area contributed by atoms with E-state index in [9.17, 15) is 0 Å². The molecule has 0 atom stereocenters. The highest BCUT2D eigenvalue weighted by atomic mass is 16.5. The van der Waals surface area contributed by atoms with Crippen molar-refractivity contribution in [2.45, 2.75) is 0 Å². The second kappa shape index (κ2) is 15.8. The van der Waals surface area contributed by atoms with Crippen molar-refractivity contribution in [1.29, 1.82) is 0 Å². The van der Waals surface area contributed by atoms with Crippen molar-refractivity contribution in [3.63, 3.8) is 0 Å². The molecule has 0 bridgehead atoms. The number of benzene rings is 14. The highest BCUT2D eigenvalue weighted by molar-refractivity contribution is 6.28. The Bertz CT molecular complexity index is 4100. The van der Waals surface area contributed by atoms with Gasteiger partial charge in [-0.05, 0) is 121 Å². The molecule has 0 saturated heterocycles. The first kappa shape index (κ1) is 39.2. The van der Waals surface area contributed by atoms with E-state index in [1.807, 2.05) is 0 Å². The van der Waals surface area contributed by atoms with Gasteiger partial charge in [0.15, 0.2) is 0 Å². The van der Waals surface area contributed by atoms with Gasteiger partial charge in [0.05, 0.1) is 0 Å². The molecular formula is C68H42O. The largest absolute Gasteiger partial charge is 0.456 e. The average Bonchev–Trinajstić information content (AvgIpc) is 3.41. The van der Waals surface area contributed by atoms with Crippen LogP contribution in [0.2, 0.25) is 0 Å². The Hall–Kier alpha value is -9.04. The molecule has 0 aliphatic heterocycles. The second-order valence-electron chi connectivity index (χ2n) is 18.2. The van der Waals surface area contributed by atoms with Crippen LogP contribution in [-0.2, 0) is 0 Å². The van der Waals surface area contributed by atoms with Crippen molar-refractivity contribution >= 4 is 86.2 Å². The van der Waals surface area contributed by atoms with Crippen LogP contribution < -0.4 is 4.74 Å². The van der Waals surface area contributed by atoms with E-state index in [0.29, 0.717) is 0 Å². The van der Waals surface area contributed by atoms with Gasteiger partial charge >= 0.3 is 0 Å². The third-order valence-corrected chi connectivity index (χ3v) is 14.5. The van der Waals surface area contributed by atoms with E-state index in [1.54, 1.807) is 0 Å². The predicted molar refractivity (Wildman–Crippen MR) is 295 cm³/mol. The minimum atomic E-state index is 0.805. The zero-order chi connectivity index (χ0) is 45.4. The molecule has 320 valence electrons. The molecule has 0 N–H and O–H groups in total. The first-order valence-electron chi connectivity index (χ1n) is 23.8. The summed E-state index contributed by atoms with van der Waals surface area (Å²) in [7, 11) is 0. The molecule has 0 saturated carbocycles. The zero-order valence-corrected chi connectivity index (χ0v) is 37.7. The Morgan fingerprint density at radius 2 is 0.406 bits per heavy atom. The van der Waals surface area contributed by atoms with Crippen LogP contribution in [0.5, 0.6) is 11.5 Å². The van der Waals surface area contributed by atoms with Gasteiger partial charge in [-0.3, -0.25) is 0 Å². The summed E-state index contributed by atoms with van der Waals surface area (Å²) >= 11 is 0. The number of ether oxygens (including phenoxy) is 1. The number of fused-ring (bicyclic) bond motifs is 8. The molecule has 0 fully saturated rings. The Kier molecular flexibility index (Phi) is 8.97. The van der Waals surface area contributed by atoms with Crippen molar-refractivity contribution in [1.82, 2.24) is 0 Å². The lowest BCUT2D eigenvalue weighted by Crippen LogP contribution is -1.97. The maximum atomic E-state index is 7.81. The molecule has 0 heterocycles. The van der Waals surface area contributed by atoms with E-state index < -0.39 is 0 Å². The van der Waals surface area contributed by atoms with Gasteiger partial charge in [-0.1, -0.05) is 243 Å². The molecule has 14 rings (SSSR count). The Balaban J connectivity index is 1.14. The normalized spacial score (nSPS) is 11.8. The Morgan fingerprint density at radius 3 is 0.739 bits per heavy atom. The van der Waals surface area contributed by atoms with Crippen LogP contribution in [0.25, 0.3) is 131 Å². The topological polar surface area (TPSA) is 9.23 Å². The quantitative estimate of drug-likeness (QED) is 0.151. The molecule has 69 heavy (non-hydrogen) atoms. The molecule has 1 nitrogen and oxygen atoms in total. The van der Waals surface area contributed by atoms with Crippen LogP contribution >= 0.6 is 0 Å². The van der Waals surface area contributed by atoms with Gasteiger partial charge in [-0.25, -0.2) is 0 Å². The first-order valence-corrected chi connectivity index (χ1v) is 23.8. The van der Waals surface area contributed by atoms with Gasteiger partial charge in [-0.2, -0.15) is 0 Å². The molecular weight excluding hydrogens is 833 g/mol. The van der Waals surface area contributed by atoms with Gasteiger partial charge in [-0.15, -0.1) is 0 Å². The Labute approximate surface area is 399 Å². The summed E-state index contributed by atoms with van der Waals surface area (Å²) < 4.78 is 7.81. The molecule has 0 radical (unpaired) electrons. The fourth-order valence-corrected chi connectivity index (χ4v) is 11.6. The van der Waals surface area contributed by atoms with Crippen LogP contribution in [0, 0.1) is 0 Å². The minimum absolute atomic E-state index is 0.805. The fourth-order valence-electron chi connectivity index (χ4n) is 11.6. The molecule has 14 aromatic rings. The van der Waals surface area contributed by atoms with Crippen LogP contribution in [0.4, 0.5) is 0 Å². The minimum Gasteiger partial charge on any atom is -0.456 e. The first-order chi connectivity index (χ1) is 34.3. The number of hydrogen-bond acceptors (Lipinski definition) is 1. The van der Waals surface area contributed by atoms with Gasteiger partial charge in [0.25, 0.3) is 0 Å². The summed E-state index contributed by atoms with van der Waals surface area (Å²) in [6.07, 6.45) is 0. The lowest BCUT2D eigenvalue weighted by molar-refractivity contribution is 0.494. The molecule has 0 spiro atoms. The summed E-state index contributed by atoms with van der Waals surface area (Å²) in [6.45, 7) is 0. The average molecular weight is 875 g/mol. The van der Waals surface area contributed by atoms with Crippen molar-refractivity contribution in [2.24, 2.45) is 0 Å². The molecule has 1 heteroatoms. The van der Waals surface area contributed by atoms with Crippen molar-refractivity contribution in [3.05, 3.63) is 255 Å². The summed E-state index contributed by atoms with van der Waals surface area (Å²) in [5.41, 5.74) is 9.47. The van der Waals surface area contributed by atoms with Crippen molar-refractivity contribution in [3.8, 4) is 56.0 Å². The van der Waals surface area contributed by atoms with E-state index >= 15 is 0 Å². The van der Waals surface area contributed by atoms with E-state index in [4.69, 9.17) is 4.74 Å². The third kappa shape index (κ3) is 6.11. The van der Waals surface area contributed by atoms with E-state index in [-0.39, 0.29) is 0 Å². The van der Waals surface area contributed by atoms with Gasteiger partial charge in [0.2, 0.25) is 0 Å². The van der Waals surface area contributed by atoms with Crippen LogP contribution in [0.1, 0.15) is 0 Å². The maximum absolute atomic E-state index is 7.81. The summed E-state index contributed by atoms with van der Waals surface area (Å²) in [6, 6.07) is 93.1. The maximum Gasteiger partial charge on any atom is 0.135 e. The van der Waals surface area contributed by atoms with Gasteiger partial charge in [0, 0.05) is 21.9 Å². The molecule has 14 aromatic carbocycles. The molecule has 0 aromatic heterocycles. The summed E-state index contributed by atoms with van der Waals surface area (Å²) in [4.78, 5) is 0. The Morgan fingerprint density at radius 1 is 0.174 bits per heavy atom.